The van der Waals surface area contributed by atoms with Gasteiger partial charge in [0.15, 0.2) is 17.4 Å². The standard InChI is InChI=1S/C23H26N6O11P2S/c24-23-26-20-17(21(31)27-23)25-10-29(20)22-19-18(30)15(38-22)9-35-41(32,33)39-13-7-16(37-14(13)8-36-42(34,43)40-19)28-6-5-11-3-1-2-4-12(11)28/h1-6,10,13-16,18-19,22,30H,7-9H2,(H,32,33)(H,34,43)(H3,24,26,27,31)/t13?,14-,15-,16-,18+,19?,22-,42?/m1/s1. The fourth-order valence-corrected chi connectivity index (χ4v) is 7.91. The van der Waals surface area contributed by atoms with Crippen molar-refractivity contribution < 1.29 is 47.0 Å². The number of aliphatic hydroxyl groups is 1. The van der Waals surface area contributed by atoms with E-state index in [0.29, 0.717) is 0 Å². The van der Waals surface area contributed by atoms with Crippen LogP contribution in [-0.2, 0) is 43.9 Å². The maximum atomic E-state index is 13.1. The Morgan fingerprint density at radius 2 is 1.84 bits per heavy atom. The lowest BCUT2D eigenvalue weighted by Gasteiger charge is -2.27. The summed E-state index contributed by atoms with van der Waals surface area (Å²) in [4.78, 5) is 44.4. The molecule has 43 heavy (non-hydrogen) atoms. The van der Waals surface area contributed by atoms with Crippen molar-refractivity contribution in [1.82, 2.24) is 24.1 Å². The predicted octanol–water partition coefficient (Wildman–Crippen LogP) is 1.04. The number of phosphoric ester groups is 1. The molecule has 230 valence electrons. The van der Waals surface area contributed by atoms with E-state index < -0.39 is 69.7 Å². The second kappa shape index (κ2) is 10.8. The van der Waals surface area contributed by atoms with Gasteiger partial charge in [-0.3, -0.25) is 27.9 Å². The van der Waals surface area contributed by atoms with Crippen molar-refractivity contribution in [3.05, 3.63) is 53.2 Å². The van der Waals surface area contributed by atoms with Crippen molar-refractivity contribution in [3.8, 4) is 0 Å². The fourth-order valence-electron chi connectivity index (χ4n) is 5.53. The van der Waals surface area contributed by atoms with E-state index in [-0.39, 0.29) is 30.1 Å². The number of rotatable bonds is 2. The number of nitrogens with zero attached hydrogens (tertiary/aromatic N) is 4. The SMILES string of the molecule is Nc1nc2c(ncn2[C@@H]2O[C@@H]3COP(=O)(O)OC4C[C@H](n5ccc6ccccc65)O[C@@H]4COP(O)(=S)OC2[C@H]3O)c(=O)[nH]1. The lowest BCUT2D eigenvalue weighted by Crippen LogP contribution is -2.35. The van der Waals surface area contributed by atoms with Gasteiger partial charge >= 0.3 is 14.5 Å². The molecule has 0 radical (unpaired) electrons. The molecule has 7 rings (SSSR count). The van der Waals surface area contributed by atoms with Gasteiger partial charge in [-0.1, -0.05) is 18.2 Å². The van der Waals surface area contributed by atoms with Crippen LogP contribution >= 0.6 is 14.5 Å². The van der Waals surface area contributed by atoms with E-state index in [1.165, 1.54) is 10.9 Å². The number of hydrogen-bond donors (Lipinski definition) is 5. The Kier molecular flexibility index (Phi) is 7.32. The summed E-state index contributed by atoms with van der Waals surface area (Å²) >= 11 is 5.27. The Hall–Kier alpha value is -2.57. The van der Waals surface area contributed by atoms with Crippen LogP contribution in [0, 0.1) is 0 Å². The molecule has 3 aliphatic heterocycles. The number of aromatic amines is 1. The molecular weight excluding hydrogens is 630 g/mol. The highest BCUT2D eigenvalue weighted by Crippen LogP contribution is 2.53. The average molecular weight is 657 g/mol. The van der Waals surface area contributed by atoms with Gasteiger partial charge in [0.2, 0.25) is 5.95 Å². The number of H-pyrrole nitrogens is 1. The van der Waals surface area contributed by atoms with Gasteiger partial charge < -0.3 is 39.2 Å². The van der Waals surface area contributed by atoms with Crippen LogP contribution in [0.2, 0.25) is 0 Å². The highest BCUT2D eigenvalue weighted by molar-refractivity contribution is 8.07. The number of aliphatic hydroxyl groups excluding tert-OH is 1. The quantitative estimate of drug-likeness (QED) is 0.190. The number of hydrogen-bond acceptors (Lipinski definition) is 13. The normalized spacial score (nSPS) is 37.1. The lowest BCUT2D eigenvalue weighted by atomic mass is 10.1. The summed E-state index contributed by atoms with van der Waals surface area (Å²) in [6.07, 6.45) is -4.92. The van der Waals surface area contributed by atoms with E-state index >= 15 is 0 Å². The van der Waals surface area contributed by atoms with Crippen LogP contribution in [0.1, 0.15) is 18.9 Å². The molecule has 0 amide bonds. The maximum absolute atomic E-state index is 13.1. The Bertz CT molecular complexity index is 1850. The zero-order chi connectivity index (χ0) is 30.1. The van der Waals surface area contributed by atoms with Crippen LogP contribution in [0.25, 0.3) is 22.1 Å². The van der Waals surface area contributed by atoms with Crippen LogP contribution < -0.4 is 11.3 Å². The number of imidazole rings is 1. The van der Waals surface area contributed by atoms with E-state index in [9.17, 15) is 24.3 Å². The van der Waals surface area contributed by atoms with Crippen LogP contribution in [0.3, 0.4) is 0 Å². The molecule has 4 unspecified atom stereocenters. The first-order chi connectivity index (χ1) is 20.5. The average Bonchev–Trinajstić information content (AvgIpc) is 3.71. The van der Waals surface area contributed by atoms with E-state index in [4.69, 9.17) is 45.1 Å². The molecular formula is C23H26N6O11P2S. The van der Waals surface area contributed by atoms with Gasteiger partial charge in [0, 0.05) is 12.6 Å². The summed E-state index contributed by atoms with van der Waals surface area (Å²) < 4.78 is 50.4. The van der Waals surface area contributed by atoms with Crippen LogP contribution in [0.4, 0.5) is 5.95 Å². The van der Waals surface area contributed by atoms with Gasteiger partial charge in [-0.15, -0.1) is 0 Å². The number of aromatic nitrogens is 5. The van der Waals surface area contributed by atoms with E-state index in [2.05, 4.69) is 15.0 Å². The number of nitrogens with two attached hydrogens (primary N) is 1. The Morgan fingerprint density at radius 3 is 2.67 bits per heavy atom. The van der Waals surface area contributed by atoms with Gasteiger partial charge in [-0.05, 0) is 29.3 Å². The van der Waals surface area contributed by atoms with Crippen LogP contribution in [0.15, 0.2) is 47.7 Å². The number of para-hydroxylation sites is 1. The third-order valence-electron chi connectivity index (χ3n) is 7.49. The van der Waals surface area contributed by atoms with Gasteiger partial charge in [-0.25, -0.2) is 9.55 Å². The molecule has 2 bridgehead atoms. The minimum Gasteiger partial charge on any atom is -0.387 e. The number of benzene rings is 1. The Labute approximate surface area is 246 Å². The van der Waals surface area contributed by atoms with Gasteiger partial charge in [-0.2, -0.15) is 4.98 Å². The minimum absolute atomic E-state index is 0.0103. The van der Waals surface area contributed by atoms with Crippen molar-refractivity contribution in [2.45, 2.75) is 49.4 Å². The number of anilines is 1. The van der Waals surface area contributed by atoms with E-state index in [0.717, 1.165) is 10.9 Å². The molecule has 6 heterocycles. The minimum atomic E-state index is -4.75. The largest absolute Gasteiger partial charge is 0.472 e. The second-order valence-corrected chi connectivity index (χ2v) is 14.4. The number of ether oxygens (including phenoxy) is 2. The molecule has 0 saturated carbocycles. The van der Waals surface area contributed by atoms with Crippen LogP contribution in [0.5, 0.6) is 0 Å². The summed E-state index contributed by atoms with van der Waals surface area (Å²) in [5.74, 6) is -0.205. The maximum Gasteiger partial charge on any atom is 0.472 e. The third kappa shape index (κ3) is 5.48. The molecule has 3 aliphatic rings. The van der Waals surface area contributed by atoms with Gasteiger partial charge in [0.05, 0.1) is 25.1 Å². The summed E-state index contributed by atoms with van der Waals surface area (Å²) in [7, 11) is -4.75. The molecule has 0 aliphatic carbocycles. The molecule has 3 saturated heterocycles. The van der Waals surface area contributed by atoms with Crippen molar-refractivity contribution in [1.29, 1.82) is 0 Å². The molecule has 0 spiro atoms. The van der Waals surface area contributed by atoms with Gasteiger partial charge in [0.1, 0.15) is 36.7 Å². The van der Waals surface area contributed by atoms with Crippen LogP contribution in [-0.4, -0.2) is 82.7 Å². The Morgan fingerprint density at radius 1 is 1.05 bits per heavy atom. The summed E-state index contributed by atoms with van der Waals surface area (Å²) in [5, 5.41) is 12.1. The zero-order valence-electron chi connectivity index (χ0n) is 22.0. The lowest BCUT2D eigenvalue weighted by molar-refractivity contribution is -0.0634. The first-order valence-corrected chi connectivity index (χ1v) is 17.1. The fraction of sp³-hybridized carbons (Fsp3) is 0.435. The molecule has 3 fully saturated rings. The first kappa shape index (κ1) is 29.2. The number of fused-ring (bicyclic) bond motifs is 5. The molecule has 4 aromatic rings. The molecule has 17 nitrogen and oxygen atoms in total. The number of nitrogen functional groups attached to an aromatic ring is 1. The molecule has 3 aromatic heterocycles. The monoisotopic (exact) mass is 656 g/mol. The summed E-state index contributed by atoms with van der Waals surface area (Å²) in [5.41, 5.74) is 5.87. The highest BCUT2D eigenvalue weighted by atomic mass is 32.5. The highest BCUT2D eigenvalue weighted by Gasteiger charge is 2.51. The van der Waals surface area contributed by atoms with Crippen molar-refractivity contribution in [3.63, 3.8) is 0 Å². The van der Waals surface area contributed by atoms with Crippen molar-refractivity contribution in [2.24, 2.45) is 0 Å². The van der Waals surface area contributed by atoms with Gasteiger partial charge in [0.25, 0.3) is 5.56 Å². The van der Waals surface area contributed by atoms with E-state index in [1.54, 1.807) is 0 Å². The third-order valence-corrected chi connectivity index (χ3v) is 10.1. The predicted molar refractivity (Wildman–Crippen MR) is 151 cm³/mol. The second-order valence-electron chi connectivity index (χ2n) is 10.2. The number of nitrogens with one attached hydrogen (secondary N) is 1. The molecule has 9 atom stereocenters. The first-order valence-electron chi connectivity index (χ1n) is 13.1. The number of phosphoric acid groups is 1. The zero-order valence-corrected chi connectivity index (χ0v) is 24.6. The Balaban J connectivity index is 1.19. The van der Waals surface area contributed by atoms with Crippen molar-refractivity contribution >= 4 is 54.4 Å². The van der Waals surface area contributed by atoms with E-state index in [1.807, 2.05) is 41.1 Å². The van der Waals surface area contributed by atoms with Crippen molar-refractivity contribution in [2.75, 3.05) is 18.9 Å². The molecule has 20 heteroatoms. The smallest absolute Gasteiger partial charge is 0.387 e. The molecule has 1 aromatic carbocycles. The summed E-state index contributed by atoms with van der Waals surface area (Å²) in [6, 6.07) is 9.54. The summed E-state index contributed by atoms with van der Waals surface area (Å²) in [6.45, 7) is -5.12. The molecule has 6 N–H and O–H groups in total. The topological polar surface area (TPSA) is 228 Å².